The van der Waals surface area contributed by atoms with Crippen LogP contribution in [0, 0.1) is 0 Å². The van der Waals surface area contributed by atoms with Crippen molar-refractivity contribution in [2.24, 2.45) is 0 Å². The summed E-state index contributed by atoms with van der Waals surface area (Å²) >= 11 is 6.17. The van der Waals surface area contributed by atoms with Crippen LogP contribution in [0.4, 0.5) is 11.4 Å². The first kappa shape index (κ1) is 23.9. The molecule has 0 bridgehead atoms. The van der Waals surface area contributed by atoms with E-state index in [1.54, 1.807) is 31.3 Å². The number of hydrogen-bond acceptors (Lipinski definition) is 5. The normalized spacial score (nSPS) is 19.1. The fourth-order valence-corrected chi connectivity index (χ4v) is 5.37. The van der Waals surface area contributed by atoms with Gasteiger partial charge < -0.3 is 14.8 Å². The van der Waals surface area contributed by atoms with Gasteiger partial charge in [0.05, 0.1) is 31.6 Å². The molecule has 0 radical (unpaired) electrons. The molecule has 1 heterocycles. The number of nitrogens with one attached hydrogen (secondary N) is 1. The summed E-state index contributed by atoms with van der Waals surface area (Å²) in [5, 5.41) is 4.12. The zero-order valence-corrected chi connectivity index (χ0v) is 21.1. The van der Waals surface area contributed by atoms with Crippen molar-refractivity contribution >= 4 is 34.7 Å². The number of allylic oxidation sites excluding steroid dienone is 1. The van der Waals surface area contributed by atoms with Crippen LogP contribution in [-0.4, -0.2) is 25.9 Å². The molecule has 3 aromatic rings. The highest BCUT2D eigenvalue weighted by atomic mass is 35.5. The molecular weight excluding hydrogens is 476 g/mol. The van der Waals surface area contributed by atoms with E-state index in [0.29, 0.717) is 34.9 Å². The lowest BCUT2D eigenvalue weighted by Crippen LogP contribution is -2.37. The van der Waals surface area contributed by atoms with E-state index in [2.05, 4.69) is 5.32 Å². The predicted molar refractivity (Wildman–Crippen MR) is 141 cm³/mol. The Hall–Kier alpha value is -3.77. The minimum absolute atomic E-state index is 0.00235. The second-order valence-corrected chi connectivity index (χ2v) is 9.46. The Kier molecular flexibility index (Phi) is 6.46. The van der Waals surface area contributed by atoms with Crippen LogP contribution >= 0.6 is 11.6 Å². The zero-order chi connectivity index (χ0) is 25.4. The number of ether oxygens (including phenoxy) is 2. The summed E-state index contributed by atoms with van der Waals surface area (Å²) in [5.41, 5.74) is 4.78. The molecule has 3 aromatic carbocycles. The number of carbonyl (C=O) groups excluding carboxylic acids is 2. The van der Waals surface area contributed by atoms with E-state index in [1.165, 1.54) is 6.92 Å². The van der Waals surface area contributed by atoms with E-state index in [1.807, 2.05) is 54.6 Å². The Morgan fingerprint density at radius 2 is 1.64 bits per heavy atom. The molecule has 0 saturated heterocycles. The molecule has 0 unspecified atom stereocenters. The van der Waals surface area contributed by atoms with E-state index in [4.69, 9.17) is 21.1 Å². The summed E-state index contributed by atoms with van der Waals surface area (Å²) < 4.78 is 10.9. The molecule has 1 aliphatic carbocycles. The van der Waals surface area contributed by atoms with Gasteiger partial charge in [-0.1, -0.05) is 41.9 Å². The van der Waals surface area contributed by atoms with E-state index < -0.39 is 6.04 Å². The molecule has 6 nitrogen and oxygen atoms in total. The third-order valence-corrected chi connectivity index (χ3v) is 7.14. The fraction of sp³-hybridized carbons (Fsp3) is 0.241. The van der Waals surface area contributed by atoms with Gasteiger partial charge in [-0.15, -0.1) is 0 Å². The van der Waals surface area contributed by atoms with Crippen LogP contribution < -0.4 is 19.7 Å². The predicted octanol–water partition coefficient (Wildman–Crippen LogP) is 6.28. The number of para-hydroxylation sites is 2. The number of anilines is 2. The number of halogens is 1. The smallest absolute Gasteiger partial charge is 0.224 e. The number of amides is 1. The van der Waals surface area contributed by atoms with Gasteiger partial charge in [-0.2, -0.15) is 0 Å². The summed E-state index contributed by atoms with van der Waals surface area (Å²) in [7, 11) is 3.20. The first-order valence-corrected chi connectivity index (χ1v) is 12.2. The van der Waals surface area contributed by atoms with Crippen molar-refractivity contribution in [2.75, 3.05) is 24.4 Å². The minimum Gasteiger partial charge on any atom is -0.493 e. The molecule has 0 spiro atoms. The third kappa shape index (κ3) is 4.22. The van der Waals surface area contributed by atoms with Crippen LogP contribution in [0.25, 0.3) is 0 Å². The summed E-state index contributed by atoms with van der Waals surface area (Å²) in [5.74, 6) is 1.08. The van der Waals surface area contributed by atoms with Crippen molar-refractivity contribution in [3.05, 3.63) is 94.1 Å². The molecule has 2 aliphatic rings. The molecule has 5 rings (SSSR count). The van der Waals surface area contributed by atoms with Crippen molar-refractivity contribution in [1.82, 2.24) is 0 Å². The molecule has 1 N–H and O–H groups in total. The molecule has 36 heavy (non-hydrogen) atoms. The second-order valence-electron chi connectivity index (χ2n) is 9.02. The summed E-state index contributed by atoms with van der Waals surface area (Å²) in [6, 6.07) is 20.2. The largest absolute Gasteiger partial charge is 0.493 e. The Bertz CT molecular complexity index is 1370. The van der Waals surface area contributed by atoms with Crippen LogP contribution in [-0.2, 0) is 9.59 Å². The molecule has 2 atom stereocenters. The average molecular weight is 503 g/mol. The van der Waals surface area contributed by atoms with Crippen LogP contribution in [0.2, 0.25) is 5.02 Å². The summed E-state index contributed by atoms with van der Waals surface area (Å²) in [6.07, 6.45) is 0.933. The fourth-order valence-electron chi connectivity index (χ4n) is 5.24. The van der Waals surface area contributed by atoms with Crippen molar-refractivity contribution < 1.29 is 19.1 Å². The molecule has 7 heteroatoms. The SMILES string of the molecule is COc1ccc([C@H]2CC(=O)C3=C(C2)Nc2ccccc2N(C(C)=O)[C@@H]3c2ccc(Cl)cc2)cc1OC. The molecule has 0 saturated carbocycles. The van der Waals surface area contributed by atoms with Crippen LogP contribution in [0.15, 0.2) is 78.0 Å². The molecule has 1 aliphatic heterocycles. The average Bonchev–Trinajstić information content (AvgIpc) is 3.03. The van der Waals surface area contributed by atoms with Crippen LogP contribution in [0.1, 0.15) is 42.9 Å². The first-order valence-electron chi connectivity index (χ1n) is 11.8. The van der Waals surface area contributed by atoms with E-state index >= 15 is 0 Å². The lowest BCUT2D eigenvalue weighted by atomic mass is 9.78. The van der Waals surface area contributed by atoms with Gasteiger partial charge in [0.15, 0.2) is 17.3 Å². The number of rotatable bonds is 4. The minimum atomic E-state index is -0.565. The maximum Gasteiger partial charge on any atom is 0.224 e. The van der Waals surface area contributed by atoms with Gasteiger partial charge in [-0.05, 0) is 59.9 Å². The van der Waals surface area contributed by atoms with E-state index in [-0.39, 0.29) is 17.6 Å². The number of nitrogens with zero attached hydrogens (tertiary/aromatic N) is 1. The van der Waals surface area contributed by atoms with Gasteiger partial charge in [-0.25, -0.2) is 0 Å². The lowest BCUT2D eigenvalue weighted by molar-refractivity contribution is -0.117. The molecule has 1 amide bonds. The molecule has 184 valence electrons. The number of benzene rings is 3. The highest BCUT2D eigenvalue weighted by molar-refractivity contribution is 6.30. The van der Waals surface area contributed by atoms with Crippen molar-refractivity contribution in [2.45, 2.75) is 31.7 Å². The molecule has 0 aromatic heterocycles. The third-order valence-electron chi connectivity index (χ3n) is 6.89. The van der Waals surface area contributed by atoms with Gasteiger partial charge >= 0.3 is 0 Å². The van der Waals surface area contributed by atoms with Gasteiger partial charge in [0.1, 0.15) is 0 Å². The van der Waals surface area contributed by atoms with Crippen molar-refractivity contribution in [3.63, 3.8) is 0 Å². The molecular formula is C29H27ClN2O4. The maximum atomic E-state index is 13.9. The number of carbonyl (C=O) groups is 2. The van der Waals surface area contributed by atoms with Crippen molar-refractivity contribution in [1.29, 1.82) is 0 Å². The highest BCUT2D eigenvalue weighted by Crippen LogP contribution is 2.48. The monoisotopic (exact) mass is 502 g/mol. The van der Waals surface area contributed by atoms with Gasteiger partial charge in [0.25, 0.3) is 0 Å². The Morgan fingerprint density at radius 1 is 0.944 bits per heavy atom. The number of Topliss-reactive ketones (excluding diaryl/α,β-unsaturated/α-hetero) is 1. The second kappa shape index (κ2) is 9.70. The lowest BCUT2D eigenvalue weighted by Gasteiger charge is -2.34. The number of methoxy groups -OCH3 is 2. The number of ketones is 1. The van der Waals surface area contributed by atoms with Gasteiger partial charge in [-0.3, -0.25) is 14.5 Å². The number of hydrogen-bond donors (Lipinski definition) is 1. The first-order chi connectivity index (χ1) is 17.4. The zero-order valence-electron chi connectivity index (χ0n) is 20.4. The standard InChI is InChI=1S/C29H27ClN2O4/c1-17(33)32-24-7-5-4-6-22(24)31-23-14-20(19-10-13-26(35-2)27(16-19)36-3)15-25(34)28(23)29(32)18-8-11-21(30)12-9-18/h4-13,16,20,29,31H,14-15H2,1-3H3/t20-,29-/m1/s1. The van der Waals surface area contributed by atoms with E-state index in [9.17, 15) is 9.59 Å². The highest BCUT2D eigenvalue weighted by Gasteiger charge is 2.40. The topological polar surface area (TPSA) is 67.9 Å². The van der Waals surface area contributed by atoms with Gasteiger partial charge in [0, 0.05) is 29.6 Å². The quantitative estimate of drug-likeness (QED) is 0.455. The van der Waals surface area contributed by atoms with Gasteiger partial charge in [0.2, 0.25) is 5.91 Å². The van der Waals surface area contributed by atoms with Crippen LogP contribution in [0.3, 0.4) is 0 Å². The summed E-state index contributed by atoms with van der Waals surface area (Å²) in [6.45, 7) is 1.53. The number of fused-ring (bicyclic) bond motifs is 1. The Morgan fingerprint density at radius 3 is 2.33 bits per heavy atom. The van der Waals surface area contributed by atoms with Crippen LogP contribution in [0.5, 0.6) is 11.5 Å². The summed E-state index contributed by atoms with van der Waals surface area (Å²) in [4.78, 5) is 28.7. The van der Waals surface area contributed by atoms with Crippen molar-refractivity contribution in [3.8, 4) is 11.5 Å². The van der Waals surface area contributed by atoms with E-state index in [0.717, 1.165) is 28.2 Å². The maximum absolute atomic E-state index is 13.9. The Balaban J connectivity index is 1.66. The Labute approximate surface area is 215 Å². The molecule has 0 fully saturated rings.